The number of hydrogen-bond donors (Lipinski definition) is 2. The number of nitrogens with one attached hydrogen (secondary N) is 1. The van der Waals surface area contributed by atoms with Crippen LogP contribution in [0.3, 0.4) is 0 Å². The van der Waals surface area contributed by atoms with Crippen molar-refractivity contribution in [1.29, 1.82) is 0 Å². The van der Waals surface area contributed by atoms with Crippen LogP contribution in [0, 0.1) is 6.92 Å². The molecular formula is C20H26N2O4S. The van der Waals surface area contributed by atoms with Crippen LogP contribution in [0.4, 0.5) is 0 Å². The summed E-state index contributed by atoms with van der Waals surface area (Å²) in [5, 5.41) is 8.78. The van der Waals surface area contributed by atoms with E-state index in [2.05, 4.69) is 9.62 Å². The van der Waals surface area contributed by atoms with Crippen molar-refractivity contribution in [2.75, 3.05) is 26.3 Å². The molecule has 1 aliphatic rings. The van der Waals surface area contributed by atoms with Gasteiger partial charge in [-0.15, -0.1) is 0 Å². The van der Waals surface area contributed by atoms with E-state index < -0.39 is 10.0 Å². The van der Waals surface area contributed by atoms with Crippen molar-refractivity contribution in [3.05, 3.63) is 59.7 Å². The summed E-state index contributed by atoms with van der Waals surface area (Å²) in [5.41, 5.74) is 1.90. The zero-order valence-corrected chi connectivity index (χ0v) is 16.3. The van der Waals surface area contributed by atoms with Crippen LogP contribution in [-0.4, -0.2) is 50.8 Å². The van der Waals surface area contributed by atoms with Gasteiger partial charge < -0.3 is 9.84 Å². The number of likely N-dealkylation sites (tertiary alicyclic amines) is 1. The van der Waals surface area contributed by atoms with Crippen molar-refractivity contribution < 1.29 is 18.3 Å². The molecule has 146 valence electrons. The van der Waals surface area contributed by atoms with Gasteiger partial charge in [-0.05, 0) is 42.7 Å². The van der Waals surface area contributed by atoms with Gasteiger partial charge in [-0.3, -0.25) is 4.90 Å². The molecule has 1 saturated heterocycles. The Morgan fingerprint density at radius 2 is 1.93 bits per heavy atom. The summed E-state index contributed by atoms with van der Waals surface area (Å²) < 4.78 is 33.5. The van der Waals surface area contributed by atoms with Crippen LogP contribution in [0.15, 0.2) is 53.4 Å². The first-order valence-corrected chi connectivity index (χ1v) is 10.6. The number of ether oxygens (including phenoxy) is 1. The van der Waals surface area contributed by atoms with E-state index in [1.165, 1.54) is 0 Å². The molecule has 0 aromatic heterocycles. The molecule has 0 saturated carbocycles. The molecule has 7 heteroatoms. The van der Waals surface area contributed by atoms with Crippen molar-refractivity contribution >= 4 is 10.0 Å². The predicted molar refractivity (Wildman–Crippen MR) is 104 cm³/mol. The normalized spacial score (nSPS) is 17.9. The zero-order chi connectivity index (χ0) is 19.3. The third kappa shape index (κ3) is 5.29. The average molecular weight is 391 g/mol. The fourth-order valence-corrected chi connectivity index (χ4v) is 4.83. The molecule has 0 aliphatic carbocycles. The molecule has 0 radical (unpaired) electrons. The maximum atomic E-state index is 12.6. The van der Waals surface area contributed by atoms with Crippen molar-refractivity contribution in [3.63, 3.8) is 0 Å². The standard InChI is InChI=1S/C20H26N2O4S/c1-16-4-2-3-5-20(16)27(24,25)21-18-10-11-22(15-18)14-17-6-8-19(9-7-17)26-13-12-23/h2-9,18,21,23H,10-15H2,1H3/t18-/m0/s1. The molecule has 1 heterocycles. The molecule has 2 aromatic rings. The van der Waals surface area contributed by atoms with E-state index >= 15 is 0 Å². The molecule has 0 amide bonds. The second-order valence-electron chi connectivity index (χ2n) is 6.82. The Hall–Kier alpha value is -1.93. The largest absolute Gasteiger partial charge is 0.491 e. The topological polar surface area (TPSA) is 78.9 Å². The first kappa shape index (κ1) is 19.8. The fourth-order valence-electron chi connectivity index (χ4n) is 3.33. The molecule has 6 nitrogen and oxygen atoms in total. The Bertz CT molecular complexity index is 853. The highest BCUT2D eigenvalue weighted by Gasteiger charge is 2.27. The van der Waals surface area contributed by atoms with Gasteiger partial charge in [0, 0.05) is 25.7 Å². The third-order valence-electron chi connectivity index (χ3n) is 4.67. The number of hydrogen-bond acceptors (Lipinski definition) is 5. The minimum absolute atomic E-state index is 0.00463. The van der Waals surface area contributed by atoms with Gasteiger partial charge >= 0.3 is 0 Å². The van der Waals surface area contributed by atoms with Crippen LogP contribution in [0.1, 0.15) is 17.5 Å². The van der Waals surface area contributed by atoms with E-state index in [1.54, 1.807) is 12.1 Å². The van der Waals surface area contributed by atoms with Gasteiger partial charge in [0.25, 0.3) is 0 Å². The van der Waals surface area contributed by atoms with Crippen molar-refractivity contribution in [2.24, 2.45) is 0 Å². The summed E-state index contributed by atoms with van der Waals surface area (Å²) in [6.45, 7) is 4.40. The van der Waals surface area contributed by atoms with Crippen LogP contribution >= 0.6 is 0 Å². The lowest BCUT2D eigenvalue weighted by Crippen LogP contribution is -2.37. The molecule has 0 unspecified atom stereocenters. The number of rotatable bonds is 8. The lowest BCUT2D eigenvalue weighted by Gasteiger charge is -2.17. The molecule has 1 atom stereocenters. The smallest absolute Gasteiger partial charge is 0.241 e. The second-order valence-corrected chi connectivity index (χ2v) is 8.51. The summed E-state index contributed by atoms with van der Waals surface area (Å²) in [4.78, 5) is 2.59. The summed E-state index contributed by atoms with van der Waals surface area (Å²) in [6, 6.07) is 14.7. The summed E-state index contributed by atoms with van der Waals surface area (Å²) in [7, 11) is -3.50. The quantitative estimate of drug-likeness (QED) is 0.720. The van der Waals surface area contributed by atoms with Gasteiger partial charge in [0.1, 0.15) is 12.4 Å². The predicted octanol–water partition coefficient (Wildman–Crippen LogP) is 1.92. The highest BCUT2D eigenvalue weighted by Crippen LogP contribution is 2.19. The van der Waals surface area contributed by atoms with E-state index in [4.69, 9.17) is 9.84 Å². The minimum Gasteiger partial charge on any atom is -0.491 e. The number of nitrogens with zero attached hydrogens (tertiary/aromatic N) is 1. The molecule has 1 fully saturated rings. The van der Waals surface area contributed by atoms with E-state index in [0.29, 0.717) is 11.4 Å². The summed E-state index contributed by atoms with van der Waals surface area (Å²) in [6.07, 6.45) is 0.794. The zero-order valence-electron chi connectivity index (χ0n) is 15.5. The van der Waals surface area contributed by atoms with Crippen LogP contribution in [0.25, 0.3) is 0 Å². The number of benzene rings is 2. The van der Waals surface area contributed by atoms with E-state index in [0.717, 1.165) is 36.4 Å². The van der Waals surface area contributed by atoms with Crippen LogP contribution in [0.5, 0.6) is 5.75 Å². The van der Waals surface area contributed by atoms with Crippen molar-refractivity contribution in [3.8, 4) is 5.75 Å². The highest BCUT2D eigenvalue weighted by molar-refractivity contribution is 7.89. The van der Waals surface area contributed by atoms with Crippen LogP contribution in [0.2, 0.25) is 0 Å². The Balaban J connectivity index is 1.55. The van der Waals surface area contributed by atoms with E-state index in [-0.39, 0.29) is 19.3 Å². The Labute approximate surface area is 160 Å². The summed E-state index contributed by atoms with van der Waals surface area (Å²) >= 11 is 0. The average Bonchev–Trinajstić information content (AvgIpc) is 3.07. The lowest BCUT2D eigenvalue weighted by molar-refractivity contribution is 0.201. The summed E-state index contributed by atoms with van der Waals surface area (Å²) in [5.74, 6) is 0.734. The lowest BCUT2D eigenvalue weighted by atomic mass is 10.2. The second kappa shape index (κ2) is 8.84. The monoisotopic (exact) mass is 390 g/mol. The van der Waals surface area contributed by atoms with E-state index in [9.17, 15) is 8.42 Å². The molecule has 27 heavy (non-hydrogen) atoms. The Morgan fingerprint density at radius 3 is 2.63 bits per heavy atom. The molecule has 2 aromatic carbocycles. The third-order valence-corrected chi connectivity index (χ3v) is 6.35. The van der Waals surface area contributed by atoms with Gasteiger partial charge in [-0.1, -0.05) is 30.3 Å². The van der Waals surface area contributed by atoms with Crippen LogP contribution in [-0.2, 0) is 16.6 Å². The fraction of sp³-hybridized carbons (Fsp3) is 0.400. The first-order chi connectivity index (χ1) is 13.0. The van der Waals surface area contributed by atoms with Crippen molar-refractivity contribution in [2.45, 2.75) is 30.8 Å². The molecule has 3 rings (SSSR count). The van der Waals surface area contributed by atoms with Gasteiger partial charge in [0.05, 0.1) is 11.5 Å². The van der Waals surface area contributed by atoms with Gasteiger partial charge in [-0.2, -0.15) is 0 Å². The number of aliphatic hydroxyl groups is 1. The maximum absolute atomic E-state index is 12.6. The molecule has 1 aliphatic heterocycles. The molecule has 0 bridgehead atoms. The van der Waals surface area contributed by atoms with Crippen molar-refractivity contribution in [1.82, 2.24) is 9.62 Å². The number of aryl methyl sites for hydroxylation is 1. The SMILES string of the molecule is Cc1ccccc1S(=O)(=O)N[C@H]1CCN(Cc2ccc(OCCO)cc2)C1. The van der Waals surface area contributed by atoms with E-state index in [1.807, 2.05) is 43.3 Å². The first-order valence-electron chi connectivity index (χ1n) is 9.11. The molecule has 2 N–H and O–H groups in total. The van der Waals surface area contributed by atoms with Gasteiger partial charge in [0.2, 0.25) is 10.0 Å². The maximum Gasteiger partial charge on any atom is 0.241 e. The van der Waals surface area contributed by atoms with Gasteiger partial charge in [0.15, 0.2) is 0 Å². The Morgan fingerprint density at radius 1 is 1.19 bits per heavy atom. The minimum atomic E-state index is -3.50. The number of sulfonamides is 1. The highest BCUT2D eigenvalue weighted by atomic mass is 32.2. The Kier molecular flexibility index (Phi) is 6.49. The van der Waals surface area contributed by atoms with Crippen LogP contribution < -0.4 is 9.46 Å². The molecule has 0 spiro atoms. The van der Waals surface area contributed by atoms with Gasteiger partial charge in [-0.25, -0.2) is 13.1 Å². The molecular weight excluding hydrogens is 364 g/mol. The number of aliphatic hydroxyl groups excluding tert-OH is 1.